The van der Waals surface area contributed by atoms with E-state index in [0.29, 0.717) is 15.8 Å². The normalized spacial score (nSPS) is 12.5. The van der Waals surface area contributed by atoms with Crippen LogP contribution < -0.4 is 10.2 Å². The molecule has 0 spiro atoms. The summed E-state index contributed by atoms with van der Waals surface area (Å²) in [6.07, 6.45) is 4.35. The second-order valence-corrected chi connectivity index (χ2v) is 5.70. The quantitative estimate of drug-likeness (QED) is 0.604. The molecule has 2 aromatic carbocycles. The molecule has 0 radical (unpaired) electrons. The molecule has 0 aromatic heterocycles. The standard InChI is InChI=1S/C18H16Cl2N2O2/c1-13(24-17-10-9-15(19)12-16(17)20)18(23)22-21-11-5-8-14-6-3-2-4-7-14/h2-13H,1H3,(H,22,23)/b8-5+,21-11+. The lowest BCUT2D eigenvalue weighted by molar-refractivity contribution is -0.127. The number of ether oxygens (including phenoxy) is 1. The summed E-state index contributed by atoms with van der Waals surface area (Å²) in [6, 6.07) is 14.6. The molecule has 0 heterocycles. The van der Waals surface area contributed by atoms with E-state index in [1.807, 2.05) is 36.4 Å². The third-order valence-electron chi connectivity index (χ3n) is 2.99. The van der Waals surface area contributed by atoms with Crippen LogP contribution in [0.4, 0.5) is 0 Å². The van der Waals surface area contributed by atoms with Crippen LogP contribution in [0, 0.1) is 0 Å². The van der Waals surface area contributed by atoms with Gasteiger partial charge in [-0.15, -0.1) is 0 Å². The van der Waals surface area contributed by atoms with Crippen molar-refractivity contribution < 1.29 is 9.53 Å². The predicted octanol–water partition coefficient (Wildman–Crippen LogP) is 4.58. The number of hydrogen-bond donors (Lipinski definition) is 1. The lowest BCUT2D eigenvalue weighted by Crippen LogP contribution is -2.33. The van der Waals surface area contributed by atoms with E-state index in [2.05, 4.69) is 10.5 Å². The summed E-state index contributed by atoms with van der Waals surface area (Å²) < 4.78 is 5.49. The Labute approximate surface area is 150 Å². The molecule has 0 aliphatic carbocycles. The molecule has 1 unspecified atom stereocenters. The molecule has 124 valence electrons. The van der Waals surface area contributed by atoms with Crippen molar-refractivity contribution in [2.24, 2.45) is 5.10 Å². The minimum absolute atomic E-state index is 0.344. The zero-order valence-corrected chi connectivity index (χ0v) is 14.5. The van der Waals surface area contributed by atoms with Gasteiger partial charge in [0.25, 0.3) is 5.91 Å². The van der Waals surface area contributed by atoms with E-state index < -0.39 is 6.10 Å². The molecule has 1 N–H and O–H groups in total. The topological polar surface area (TPSA) is 50.7 Å². The monoisotopic (exact) mass is 362 g/mol. The number of nitrogens with zero attached hydrogens (tertiary/aromatic N) is 1. The molecule has 0 fully saturated rings. The highest BCUT2D eigenvalue weighted by molar-refractivity contribution is 6.35. The van der Waals surface area contributed by atoms with Crippen molar-refractivity contribution in [3.8, 4) is 5.75 Å². The number of amides is 1. The molecule has 0 aliphatic heterocycles. The summed E-state index contributed by atoms with van der Waals surface area (Å²) in [5.74, 6) is 0.00190. The van der Waals surface area contributed by atoms with E-state index in [4.69, 9.17) is 27.9 Å². The molecule has 4 nitrogen and oxygen atoms in total. The van der Waals surface area contributed by atoms with E-state index in [1.54, 1.807) is 31.2 Å². The van der Waals surface area contributed by atoms with Crippen LogP contribution in [0.15, 0.2) is 59.7 Å². The SMILES string of the molecule is CC(Oc1ccc(Cl)cc1Cl)C(=O)N/N=C/C=C/c1ccccc1. The number of nitrogens with one attached hydrogen (secondary N) is 1. The van der Waals surface area contributed by atoms with Crippen LogP contribution in [0.25, 0.3) is 6.08 Å². The molecule has 6 heteroatoms. The molecular formula is C18H16Cl2N2O2. The molecule has 24 heavy (non-hydrogen) atoms. The van der Waals surface area contributed by atoms with Gasteiger partial charge in [0.2, 0.25) is 0 Å². The Morgan fingerprint density at radius 3 is 2.67 bits per heavy atom. The van der Waals surface area contributed by atoms with Crippen molar-refractivity contribution in [2.75, 3.05) is 0 Å². The maximum Gasteiger partial charge on any atom is 0.280 e. The van der Waals surface area contributed by atoms with Crippen molar-refractivity contribution >= 4 is 41.4 Å². The van der Waals surface area contributed by atoms with Gasteiger partial charge in [-0.3, -0.25) is 4.79 Å². The van der Waals surface area contributed by atoms with Gasteiger partial charge in [-0.05, 0) is 36.8 Å². The van der Waals surface area contributed by atoms with Crippen molar-refractivity contribution in [1.29, 1.82) is 0 Å². The fraction of sp³-hybridized carbons (Fsp3) is 0.111. The smallest absolute Gasteiger partial charge is 0.280 e. The second-order valence-electron chi connectivity index (χ2n) is 4.86. The van der Waals surface area contributed by atoms with Crippen molar-refractivity contribution in [3.63, 3.8) is 0 Å². The minimum atomic E-state index is -0.751. The maximum atomic E-state index is 11.9. The third-order valence-corrected chi connectivity index (χ3v) is 3.52. The van der Waals surface area contributed by atoms with Crippen LogP contribution in [0.5, 0.6) is 5.75 Å². The van der Waals surface area contributed by atoms with E-state index in [0.717, 1.165) is 5.56 Å². The van der Waals surface area contributed by atoms with Gasteiger partial charge in [0.15, 0.2) is 6.10 Å². The molecule has 2 rings (SSSR count). The number of benzene rings is 2. The average Bonchev–Trinajstić information content (AvgIpc) is 2.57. The summed E-state index contributed by atoms with van der Waals surface area (Å²) >= 11 is 11.8. The molecule has 0 saturated carbocycles. The fourth-order valence-corrected chi connectivity index (χ4v) is 2.22. The zero-order chi connectivity index (χ0) is 17.4. The van der Waals surface area contributed by atoms with Crippen molar-refractivity contribution in [3.05, 3.63) is 70.2 Å². The Kier molecular flexibility index (Phi) is 6.85. The van der Waals surface area contributed by atoms with E-state index in [-0.39, 0.29) is 5.91 Å². The third kappa shape index (κ3) is 5.72. The molecule has 1 amide bonds. The van der Waals surface area contributed by atoms with Gasteiger partial charge < -0.3 is 4.74 Å². The Morgan fingerprint density at radius 2 is 1.96 bits per heavy atom. The van der Waals surface area contributed by atoms with Gasteiger partial charge in [0.1, 0.15) is 5.75 Å². The first-order valence-electron chi connectivity index (χ1n) is 7.22. The lowest BCUT2D eigenvalue weighted by atomic mass is 10.2. The maximum absolute atomic E-state index is 11.9. The first-order valence-corrected chi connectivity index (χ1v) is 7.98. The molecule has 0 saturated heterocycles. The molecule has 2 aromatic rings. The van der Waals surface area contributed by atoms with Gasteiger partial charge in [-0.25, -0.2) is 5.43 Å². The highest BCUT2D eigenvalue weighted by Gasteiger charge is 2.15. The van der Waals surface area contributed by atoms with Gasteiger partial charge in [0.05, 0.1) is 5.02 Å². The predicted molar refractivity (Wildman–Crippen MR) is 98.7 cm³/mol. The summed E-state index contributed by atoms with van der Waals surface area (Å²) in [5.41, 5.74) is 3.45. The number of carbonyl (C=O) groups excluding carboxylic acids is 1. The average molecular weight is 363 g/mol. The first kappa shape index (κ1) is 18.0. The van der Waals surface area contributed by atoms with Gasteiger partial charge in [0, 0.05) is 11.2 Å². The van der Waals surface area contributed by atoms with E-state index in [9.17, 15) is 4.79 Å². The number of hydrazone groups is 1. The minimum Gasteiger partial charge on any atom is -0.479 e. The van der Waals surface area contributed by atoms with Crippen LogP contribution in [-0.4, -0.2) is 18.2 Å². The van der Waals surface area contributed by atoms with Crippen molar-refractivity contribution in [1.82, 2.24) is 5.43 Å². The summed E-state index contributed by atoms with van der Waals surface area (Å²) in [4.78, 5) is 11.9. The van der Waals surface area contributed by atoms with Crippen LogP contribution in [0.1, 0.15) is 12.5 Å². The van der Waals surface area contributed by atoms with E-state index in [1.165, 1.54) is 6.21 Å². The Morgan fingerprint density at radius 1 is 1.21 bits per heavy atom. The second kappa shape index (κ2) is 9.11. The van der Waals surface area contributed by atoms with Crippen molar-refractivity contribution in [2.45, 2.75) is 13.0 Å². The highest BCUT2D eigenvalue weighted by atomic mass is 35.5. The Bertz CT molecular complexity index is 746. The zero-order valence-electron chi connectivity index (χ0n) is 12.9. The largest absolute Gasteiger partial charge is 0.479 e. The summed E-state index contributed by atoms with van der Waals surface area (Å²) in [5, 5.41) is 4.68. The summed E-state index contributed by atoms with van der Waals surface area (Å²) in [6.45, 7) is 1.61. The number of rotatable bonds is 6. The first-order chi connectivity index (χ1) is 11.6. The van der Waals surface area contributed by atoms with E-state index >= 15 is 0 Å². The lowest BCUT2D eigenvalue weighted by Gasteiger charge is -2.14. The van der Waals surface area contributed by atoms with Gasteiger partial charge in [-0.2, -0.15) is 5.10 Å². The Hall–Kier alpha value is -2.30. The van der Waals surface area contributed by atoms with Crippen LogP contribution in [-0.2, 0) is 4.79 Å². The number of allylic oxidation sites excluding steroid dienone is 1. The fourth-order valence-electron chi connectivity index (χ4n) is 1.77. The molecule has 1 atom stereocenters. The Balaban J connectivity index is 1.83. The molecule has 0 bridgehead atoms. The number of hydrogen-bond acceptors (Lipinski definition) is 3. The summed E-state index contributed by atoms with van der Waals surface area (Å²) in [7, 11) is 0. The van der Waals surface area contributed by atoms with Gasteiger partial charge >= 0.3 is 0 Å². The van der Waals surface area contributed by atoms with Gasteiger partial charge in [-0.1, -0.05) is 59.6 Å². The number of carbonyl (C=O) groups is 1. The molecule has 0 aliphatic rings. The molecular weight excluding hydrogens is 347 g/mol. The van der Waals surface area contributed by atoms with Crippen LogP contribution in [0.2, 0.25) is 10.0 Å². The van der Waals surface area contributed by atoms with Crippen LogP contribution >= 0.6 is 23.2 Å². The highest BCUT2D eigenvalue weighted by Crippen LogP contribution is 2.28. The van der Waals surface area contributed by atoms with Crippen LogP contribution in [0.3, 0.4) is 0 Å². The number of halogens is 2.